The van der Waals surface area contributed by atoms with Crippen LogP contribution in [-0.4, -0.2) is 50.9 Å². The number of rotatable bonds is 4. The van der Waals surface area contributed by atoms with E-state index in [0.717, 1.165) is 40.7 Å². The van der Waals surface area contributed by atoms with Gasteiger partial charge >= 0.3 is 0 Å². The first-order valence-corrected chi connectivity index (χ1v) is 9.03. The molecule has 1 aliphatic heterocycles. The van der Waals surface area contributed by atoms with Gasteiger partial charge in [-0.25, -0.2) is 4.98 Å². The van der Waals surface area contributed by atoms with E-state index in [0.29, 0.717) is 13.2 Å². The Labute approximate surface area is 144 Å². The molecule has 1 aliphatic rings. The molecular weight excluding hydrogens is 324 g/mol. The van der Waals surface area contributed by atoms with Gasteiger partial charge in [-0.2, -0.15) is 4.52 Å². The second-order valence-electron chi connectivity index (χ2n) is 5.83. The van der Waals surface area contributed by atoms with Crippen LogP contribution < -0.4 is 0 Å². The smallest absolute Gasteiger partial charge is 0.230 e. The summed E-state index contributed by atoms with van der Waals surface area (Å²) in [5, 5.41) is 15.2. The Morgan fingerprint density at radius 2 is 2.00 bits per heavy atom. The first-order valence-electron chi connectivity index (χ1n) is 8.22. The average molecular weight is 344 g/mol. The molecule has 0 radical (unpaired) electrons. The maximum atomic E-state index is 10.8. The Morgan fingerprint density at radius 3 is 2.67 bits per heavy atom. The van der Waals surface area contributed by atoms with E-state index in [2.05, 4.69) is 27.1 Å². The van der Waals surface area contributed by atoms with Crippen molar-refractivity contribution in [3.63, 3.8) is 0 Å². The van der Waals surface area contributed by atoms with Crippen LogP contribution in [0.15, 0.2) is 30.3 Å². The summed E-state index contributed by atoms with van der Waals surface area (Å²) in [5.74, 6) is 0.952. The van der Waals surface area contributed by atoms with Gasteiger partial charge in [0.1, 0.15) is 0 Å². The summed E-state index contributed by atoms with van der Waals surface area (Å²) in [6.45, 7) is 5.12. The van der Waals surface area contributed by atoms with Crippen molar-refractivity contribution in [2.75, 3.05) is 26.3 Å². The molecule has 0 amide bonds. The van der Waals surface area contributed by atoms with Gasteiger partial charge < -0.3 is 9.84 Å². The van der Waals surface area contributed by atoms with Crippen LogP contribution in [0.1, 0.15) is 29.2 Å². The molecule has 6 nitrogen and oxygen atoms in total. The SMILES string of the molecule is CCc1nc2sc([C@H](c3ccccc3)N3CCOCC3)c(O)n2n1. The highest BCUT2D eigenvalue weighted by Gasteiger charge is 2.30. The van der Waals surface area contributed by atoms with Gasteiger partial charge in [0.15, 0.2) is 5.82 Å². The fourth-order valence-corrected chi connectivity index (χ4v) is 4.25. The molecule has 2 aromatic heterocycles. The Balaban J connectivity index is 1.80. The van der Waals surface area contributed by atoms with Gasteiger partial charge in [-0.1, -0.05) is 48.6 Å². The van der Waals surface area contributed by atoms with E-state index < -0.39 is 0 Å². The summed E-state index contributed by atoms with van der Waals surface area (Å²) in [5.41, 5.74) is 1.16. The number of thiazole rings is 1. The maximum absolute atomic E-state index is 10.8. The Morgan fingerprint density at radius 1 is 1.25 bits per heavy atom. The minimum atomic E-state index is -0.00586. The number of hydrogen-bond acceptors (Lipinski definition) is 6. The topological polar surface area (TPSA) is 62.9 Å². The highest BCUT2D eigenvalue weighted by molar-refractivity contribution is 7.17. The van der Waals surface area contributed by atoms with E-state index in [1.807, 2.05) is 25.1 Å². The lowest BCUT2D eigenvalue weighted by Crippen LogP contribution is -2.39. The molecule has 7 heteroatoms. The normalized spacial score (nSPS) is 17.4. The molecule has 0 spiro atoms. The molecular formula is C17H20N4O2S. The molecule has 0 aliphatic carbocycles. The van der Waals surface area contributed by atoms with Crippen molar-refractivity contribution in [1.29, 1.82) is 0 Å². The lowest BCUT2D eigenvalue weighted by Gasteiger charge is -2.34. The summed E-state index contributed by atoms with van der Waals surface area (Å²) in [6, 6.07) is 10.3. The first kappa shape index (κ1) is 15.6. The predicted molar refractivity (Wildman–Crippen MR) is 92.6 cm³/mol. The van der Waals surface area contributed by atoms with Crippen molar-refractivity contribution in [2.24, 2.45) is 0 Å². The van der Waals surface area contributed by atoms with Crippen LogP contribution in [-0.2, 0) is 11.2 Å². The van der Waals surface area contributed by atoms with Crippen LogP contribution in [0.4, 0.5) is 0 Å². The maximum Gasteiger partial charge on any atom is 0.230 e. The lowest BCUT2D eigenvalue weighted by atomic mass is 10.0. The van der Waals surface area contributed by atoms with Crippen LogP contribution >= 0.6 is 11.3 Å². The van der Waals surface area contributed by atoms with E-state index in [-0.39, 0.29) is 11.9 Å². The van der Waals surface area contributed by atoms with Crippen molar-refractivity contribution < 1.29 is 9.84 Å². The van der Waals surface area contributed by atoms with E-state index in [1.165, 1.54) is 11.3 Å². The molecule has 1 fully saturated rings. The molecule has 4 rings (SSSR count). The predicted octanol–water partition coefficient (Wildman–Crippen LogP) is 2.48. The zero-order chi connectivity index (χ0) is 16.5. The zero-order valence-electron chi connectivity index (χ0n) is 13.6. The summed E-state index contributed by atoms with van der Waals surface area (Å²) < 4.78 is 7.06. The van der Waals surface area contributed by atoms with E-state index in [1.54, 1.807) is 4.52 Å². The number of hydrogen-bond donors (Lipinski definition) is 1. The van der Waals surface area contributed by atoms with Crippen LogP contribution in [0.5, 0.6) is 5.88 Å². The Kier molecular flexibility index (Phi) is 4.22. The summed E-state index contributed by atoms with van der Waals surface area (Å²) in [4.78, 5) is 8.49. The average Bonchev–Trinajstić information content (AvgIpc) is 3.17. The Hall–Kier alpha value is -1.96. The number of aromatic nitrogens is 3. The largest absolute Gasteiger partial charge is 0.492 e. The molecule has 1 saturated heterocycles. The molecule has 3 heterocycles. The molecule has 24 heavy (non-hydrogen) atoms. The summed E-state index contributed by atoms with van der Waals surface area (Å²) in [6.07, 6.45) is 0.759. The second-order valence-corrected chi connectivity index (χ2v) is 6.84. The lowest BCUT2D eigenvalue weighted by molar-refractivity contribution is 0.0241. The minimum absolute atomic E-state index is 0.00586. The molecule has 1 N–H and O–H groups in total. The molecule has 126 valence electrons. The fourth-order valence-electron chi connectivity index (χ4n) is 3.12. The van der Waals surface area contributed by atoms with Crippen molar-refractivity contribution in [2.45, 2.75) is 19.4 Å². The van der Waals surface area contributed by atoms with Crippen LogP contribution in [0, 0.1) is 0 Å². The highest BCUT2D eigenvalue weighted by atomic mass is 32.1. The van der Waals surface area contributed by atoms with E-state index in [4.69, 9.17) is 4.74 Å². The molecule has 0 unspecified atom stereocenters. The number of aryl methyl sites for hydroxylation is 1. The number of aromatic hydroxyl groups is 1. The Bertz CT molecular complexity index is 824. The van der Waals surface area contributed by atoms with Gasteiger partial charge in [-0.15, -0.1) is 5.10 Å². The number of morpholine rings is 1. The third-order valence-corrected chi connectivity index (χ3v) is 5.41. The van der Waals surface area contributed by atoms with Gasteiger partial charge in [0.25, 0.3) is 0 Å². The molecule has 3 aromatic rings. The van der Waals surface area contributed by atoms with Gasteiger partial charge in [0.05, 0.1) is 24.1 Å². The number of benzene rings is 1. The number of ether oxygens (including phenoxy) is 1. The van der Waals surface area contributed by atoms with Crippen LogP contribution in [0.25, 0.3) is 4.96 Å². The van der Waals surface area contributed by atoms with Crippen molar-refractivity contribution in [3.8, 4) is 5.88 Å². The first-order chi connectivity index (χ1) is 11.8. The molecule has 1 aromatic carbocycles. The highest BCUT2D eigenvalue weighted by Crippen LogP contribution is 2.40. The van der Waals surface area contributed by atoms with Gasteiger partial charge in [0, 0.05) is 19.5 Å². The van der Waals surface area contributed by atoms with E-state index in [9.17, 15) is 5.11 Å². The second kappa shape index (κ2) is 6.51. The molecule has 0 saturated carbocycles. The van der Waals surface area contributed by atoms with Crippen LogP contribution in [0.3, 0.4) is 0 Å². The third-order valence-electron chi connectivity index (χ3n) is 4.33. The number of nitrogens with zero attached hydrogens (tertiary/aromatic N) is 4. The summed E-state index contributed by atoms with van der Waals surface area (Å²) >= 11 is 1.51. The standard InChI is InChI=1S/C17H20N4O2S/c1-2-13-18-17-21(19-13)16(22)15(24-17)14(12-6-4-3-5-7-12)20-8-10-23-11-9-20/h3-7,14,22H,2,8-11H2,1H3/t14-/m0/s1. The third kappa shape index (κ3) is 2.68. The summed E-state index contributed by atoms with van der Waals surface area (Å²) in [7, 11) is 0. The van der Waals surface area contributed by atoms with Crippen molar-refractivity contribution in [1.82, 2.24) is 19.5 Å². The van der Waals surface area contributed by atoms with Gasteiger partial charge in [0.2, 0.25) is 10.8 Å². The fraction of sp³-hybridized carbons (Fsp3) is 0.412. The van der Waals surface area contributed by atoms with Crippen LogP contribution in [0.2, 0.25) is 0 Å². The zero-order valence-corrected chi connectivity index (χ0v) is 14.4. The van der Waals surface area contributed by atoms with Gasteiger partial charge in [-0.05, 0) is 5.56 Å². The van der Waals surface area contributed by atoms with Crippen molar-refractivity contribution in [3.05, 3.63) is 46.6 Å². The molecule has 0 bridgehead atoms. The monoisotopic (exact) mass is 344 g/mol. The van der Waals surface area contributed by atoms with E-state index >= 15 is 0 Å². The van der Waals surface area contributed by atoms with Gasteiger partial charge in [-0.3, -0.25) is 4.90 Å². The number of fused-ring (bicyclic) bond motifs is 1. The quantitative estimate of drug-likeness (QED) is 0.788. The molecule has 1 atom stereocenters. The van der Waals surface area contributed by atoms with Crippen molar-refractivity contribution >= 4 is 16.3 Å². The minimum Gasteiger partial charge on any atom is -0.492 e.